The zero-order valence-electron chi connectivity index (χ0n) is 16.9. The first-order valence-corrected chi connectivity index (χ1v) is 10.5. The molecule has 5 rings (SSSR count). The van der Waals surface area contributed by atoms with Crippen LogP contribution in [0.25, 0.3) is 11.3 Å². The van der Waals surface area contributed by atoms with Crippen molar-refractivity contribution in [1.29, 1.82) is 0 Å². The van der Waals surface area contributed by atoms with Gasteiger partial charge in [-0.05, 0) is 35.9 Å². The number of anilines is 2. The van der Waals surface area contributed by atoms with Crippen molar-refractivity contribution < 1.29 is 28.6 Å². The van der Waals surface area contributed by atoms with E-state index in [0.717, 1.165) is 21.8 Å². The van der Waals surface area contributed by atoms with Gasteiger partial charge in [-0.25, -0.2) is 9.37 Å². The molecule has 3 heterocycles. The van der Waals surface area contributed by atoms with Gasteiger partial charge < -0.3 is 20.1 Å². The van der Waals surface area contributed by atoms with Crippen LogP contribution in [0.3, 0.4) is 0 Å². The maximum Gasteiger partial charge on any atom is 0.290 e. The normalized spacial score (nSPS) is 16.7. The second-order valence-electron chi connectivity index (χ2n) is 7.14. The fourth-order valence-corrected chi connectivity index (χ4v) is 4.59. The summed E-state index contributed by atoms with van der Waals surface area (Å²) >= 11 is 1.46. The fraction of sp³-hybridized carbons (Fsp3) is 0.182. The number of carbonyl (C=O) groups is 3. The van der Waals surface area contributed by atoms with E-state index in [1.807, 2.05) is 11.4 Å². The van der Waals surface area contributed by atoms with Crippen molar-refractivity contribution in [3.05, 3.63) is 58.2 Å². The third kappa shape index (κ3) is 4.04. The summed E-state index contributed by atoms with van der Waals surface area (Å²) in [6.07, 6.45) is 0.265. The molecule has 2 aromatic carbocycles. The first kappa shape index (κ1) is 21.4. The molecule has 2 aliphatic heterocycles. The van der Waals surface area contributed by atoms with E-state index in [4.69, 9.17) is 19.6 Å². The van der Waals surface area contributed by atoms with E-state index in [-0.39, 0.29) is 43.0 Å². The van der Waals surface area contributed by atoms with Crippen LogP contribution < -0.4 is 15.0 Å². The van der Waals surface area contributed by atoms with Crippen molar-refractivity contribution in [3.8, 4) is 17.0 Å². The van der Waals surface area contributed by atoms with Crippen molar-refractivity contribution in [1.82, 2.24) is 4.98 Å². The van der Waals surface area contributed by atoms with Gasteiger partial charge in [-0.2, -0.15) is 0 Å². The molecule has 0 saturated carbocycles. The highest BCUT2D eigenvalue weighted by Crippen LogP contribution is 2.45. The summed E-state index contributed by atoms with van der Waals surface area (Å²) in [7, 11) is 1.71. The van der Waals surface area contributed by atoms with Gasteiger partial charge in [0.05, 0.1) is 11.4 Å². The lowest BCUT2D eigenvalue weighted by molar-refractivity contribution is -0.123. The Morgan fingerprint density at radius 3 is 2.72 bits per heavy atom. The van der Waals surface area contributed by atoms with Crippen molar-refractivity contribution in [2.24, 2.45) is 0 Å². The second kappa shape index (κ2) is 8.75. The molecule has 0 spiro atoms. The number of hydrogen-bond donors (Lipinski definition) is 2. The number of aromatic nitrogens is 1. The van der Waals surface area contributed by atoms with Crippen LogP contribution in [0.15, 0.2) is 41.8 Å². The fourth-order valence-electron chi connectivity index (χ4n) is 3.65. The lowest BCUT2D eigenvalue weighted by Crippen LogP contribution is -2.36. The van der Waals surface area contributed by atoms with Crippen LogP contribution in [0.5, 0.6) is 5.75 Å². The monoisotopic (exact) mass is 455 g/mol. The van der Waals surface area contributed by atoms with Crippen LogP contribution in [0, 0.1) is 5.82 Å². The predicted molar refractivity (Wildman–Crippen MR) is 117 cm³/mol. The van der Waals surface area contributed by atoms with Crippen LogP contribution in [0.1, 0.15) is 22.9 Å². The summed E-state index contributed by atoms with van der Waals surface area (Å²) in [6.45, 7) is -0.271. The van der Waals surface area contributed by atoms with Crippen LogP contribution in [-0.2, 0) is 14.4 Å². The van der Waals surface area contributed by atoms with Gasteiger partial charge in [0.2, 0.25) is 5.91 Å². The maximum atomic E-state index is 13.2. The minimum atomic E-state index is -0.298. The Bertz CT molecular complexity index is 1190. The maximum absolute atomic E-state index is 13.2. The standard InChI is InChI=1S/C21H16FN3O3S.CH2O2/c1-25-17-6-13-14(7-19(26)23-15(13)8-18(17)28-9-20(25)27)21-24-16(10-29-21)11-2-4-12(22)5-3-11;2-1-3/h2-6,8,10,14H,7,9H2,1H3,(H,23,26);1H,(H,2,3). The van der Waals surface area contributed by atoms with E-state index < -0.39 is 0 Å². The van der Waals surface area contributed by atoms with Gasteiger partial charge in [-0.15, -0.1) is 11.3 Å². The highest BCUT2D eigenvalue weighted by Gasteiger charge is 2.32. The molecule has 8 nitrogen and oxygen atoms in total. The molecule has 3 aromatic rings. The molecule has 1 unspecified atom stereocenters. The number of nitrogens with one attached hydrogen (secondary N) is 1. The number of ether oxygens (including phenoxy) is 1. The zero-order valence-corrected chi connectivity index (χ0v) is 17.7. The molecule has 10 heteroatoms. The molecule has 0 radical (unpaired) electrons. The lowest BCUT2D eigenvalue weighted by Gasteiger charge is -2.31. The van der Waals surface area contributed by atoms with Gasteiger partial charge in [0.15, 0.2) is 6.61 Å². The third-order valence-electron chi connectivity index (χ3n) is 5.22. The number of likely N-dealkylation sites (N-methyl/N-ethyl adjacent to an activating group) is 1. The van der Waals surface area contributed by atoms with Gasteiger partial charge in [0.25, 0.3) is 12.4 Å². The van der Waals surface area contributed by atoms with Crippen LogP contribution in [0.4, 0.5) is 15.8 Å². The van der Waals surface area contributed by atoms with Gasteiger partial charge in [-0.1, -0.05) is 0 Å². The number of rotatable bonds is 2. The predicted octanol–water partition coefficient (Wildman–Crippen LogP) is 3.48. The Morgan fingerprint density at radius 2 is 2.00 bits per heavy atom. The molecule has 1 aromatic heterocycles. The largest absolute Gasteiger partial charge is 0.483 e. The summed E-state index contributed by atoms with van der Waals surface area (Å²) in [5.41, 5.74) is 3.81. The molecule has 0 saturated heterocycles. The minimum Gasteiger partial charge on any atom is -0.483 e. The van der Waals surface area contributed by atoms with Gasteiger partial charge in [0.1, 0.15) is 16.6 Å². The summed E-state index contributed by atoms with van der Waals surface area (Å²) in [5, 5.41) is 12.5. The molecule has 164 valence electrons. The number of thiazole rings is 1. The van der Waals surface area contributed by atoms with E-state index in [0.29, 0.717) is 17.1 Å². The Kier molecular flexibility index (Phi) is 5.87. The number of carbonyl (C=O) groups excluding carboxylic acids is 2. The van der Waals surface area contributed by atoms with Gasteiger partial charge >= 0.3 is 0 Å². The van der Waals surface area contributed by atoms with E-state index in [2.05, 4.69) is 5.32 Å². The minimum absolute atomic E-state index is 0.0207. The second-order valence-corrected chi connectivity index (χ2v) is 8.03. The average molecular weight is 455 g/mol. The summed E-state index contributed by atoms with van der Waals surface area (Å²) in [5.74, 6) is -0.178. The summed E-state index contributed by atoms with van der Waals surface area (Å²) < 4.78 is 18.7. The molecule has 32 heavy (non-hydrogen) atoms. The Hall–Kier alpha value is -3.79. The van der Waals surface area contributed by atoms with Crippen LogP contribution in [0.2, 0.25) is 0 Å². The van der Waals surface area contributed by atoms with Crippen molar-refractivity contribution in [2.75, 3.05) is 23.9 Å². The van der Waals surface area contributed by atoms with Crippen LogP contribution in [-0.4, -0.2) is 42.0 Å². The molecular weight excluding hydrogens is 437 g/mol. The Balaban J connectivity index is 0.000000775. The number of hydrogen-bond acceptors (Lipinski definition) is 6. The molecule has 2 N–H and O–H groups in total. The first-order valence-electron chi connectivity index (χ1n) is 9.57. The number of nitrogens with zero attached hydrogens (tertiary/aromatic N) is 2. The molecule has 2 amide bonds. The lowest BCUT2D eigenvalue weighted by atomic mass is 9.90. The topological polar surface area (TPSA) is 109 Å². The van der Waals surface area contributed by atoms with Crippen molar-refractivity contribution >= 4 is 41.0 Å². The molecule has 0 aliphatic carbocycles. The third-order valence-corrected chi connectivity index (χ3v) is 6.18. The molecule has 1 atom stereocenters. The van der Waals surface area contributed by atoms with E-state index in [9.17, 15) is 14.0 Å². The summed E-state index contributed by atoms with van der Waals surface area (Å²) in [6, 6.07) is 9.83. The number of amides is 2. The molecule has 2 aliphatic rings. The number of benzene rings is 2. The van der Waals surface area contributed by atoms with E-state index in [1.54, 1.807) is 30.1 Å². The molecule has 0 fully saturated rings. The number of fused-ring (bicyclic) bond motifs is 2. The van der Waals surface area contributed by atoms with Crippen LogP contribution >= 0.6 is 11.3 Å². The number of halogens is 1. The SMILES string of the molecule is CN1C(=O)COc2cc3c(cc21)C(c1nc(-c2ccc(F)cc2)cs1)CC(=O)N3.O=CO. The van der Waals surface area contributed by atoms with Crippen molar-refractivity contribution in [3.63, 3.8) is 0 Å². The van der Waals surface area contributed by atoms with E-state index >= 15 is 0 Å². The molecule has 0 bridgehead atoms. The van der Waals surface area contributed by atoms with Crippen molar-refractivity contribution in [2.45, 2.75) is 12.3 Å². The first-order chi connectivity index (χ1) is 15.4. The quantitative estimate of drug-likeness (QED) is 0.573. The smallest absolute Gasteiger partial charge is 0.290 e. The van der Waals surface area contributed by atoms with Gasteiger partial charge in [-0.3, -0.25) is 14.4 Å². The highest BCUT2D eigenvalue weighted by atomic mass is 32.1. The van der Waals surface area contributed by atoms with Gasteiger partial charge in [0, 0.05) is 42.1 Å². The average Bonchev–Trinajstić information content (AvgIpc) is 3.26. The van der Waals surface area contributed by atoms with E-state index in [1.165, 1.54) is 23.5 Å². The Morgan fingerprint density at radius 1 is 1.28 bits per heavy atom. The number of carboxylic acid groups (broad SMARTS) is 1. The molecular formula is C22H18FN3O5S. The zero-order chi connectivity index (χ0) is 22.8. The highest BCUT2D eigenvalue weighted by molar-refractivity contribution is 7.10. The Labute approximate surface area is 186 Å². The summed E-state index contributed by atoms with van der Waals surface area (Å²) in [4.78, 5) is 39.0.